The lowest BCUT2D eigenvalue weighted by Gasteiger charge is -2.25. The van der Waals surface area contributed by atoms with Crippen LogP contribution in [0.2, 0.25) is 0 Å². The summed E-state index contributed by atoms with van der Waals surface area (Å²) in [6.07, 6.45) is 3.25. The van der Waals surface area contributed by atoms with E-state index in [1.54, 1.807) is 0 Å². The van der Waals surface area contributed by atoms with Crippen LogP contribution < -0.4 is 9.30 Å². The van der Waals surface area contributed by atoms with Crippen molar-refractivity contribution in [3.8, 4) is 22.8 Å². The number of aromatic nitrogens is 1. The summed E-state index contributed by atoms with van der Waals surface area (Å²) in [6.45, 7) is 13.5. The van der Waals surface area contributed by atoms with Gasteiger partial charge in [0, 0.05) is 16.2 Å². The number of ether oxygens (including phenoxy) is 1. The predicted octanol–water partition coefficient (Wildman–Crippen LogP) is 7.10. The molecule has 0 aliphatic carbocycles. The largest absolute Gasteiger partial charge is 0.449 e. The minimum atomic E-state index is 0.228. The van der Waals surface area contributed by atoms with Crippen LogP contribution >= 0.6 is 0 Å². The number of pyridine rings is 1. The summed E-state index contributed by atoms with van der Waals surface area (Å²) in [5, 5.41) is 4.91. The van der Waals surface area contributed by atoms with Crippen LogP contribution in [0.3, 0.4) is 0 Å². The minimum absolute atomic E-state index is 0.228. The summed E-state index contributed by atoms with van der Waals surface area (Å²) in [4.78, 5) is 0. The number of benzene rings is 3. The third kappa shape index (κ3) is 2.89. The maximum Gasteiger partial charge on any atom is 0.257 e. The number of hydrogen-bond donors (Lipinski definition) is 0. The van der Waals surface area contributed by atoms with Crippen LogP contribution in [0.1, 0.15) is 43.0 Å². The first-order chi connectivity index (χ1) is 14.1. The average Bonchev–Trinajstić information content (AvgIpc) is 2.64. The van der Waals surface area contributed by atoms with Crippen molar-refractivity contribution < 1.29 is 9.30 Å². The van der Waals surface area contributed by atoms with Crippen LogP contribution in [-0.4, -0.2) is 0 Å². The molecule has 4 aromatic rings. The average molecular weight is 397 g/mol. The van der Waals surface area contributed by atoms with Gasteiger partial charge in [0.1, 0.15) is 12.8 Å². The molecule has 0 spiro atoms. The van der Waals surface area contributed by atoms with Gasteiger partial charge in [-0.2, -0.15) is 4.57 Å². The van der Waals surface area contributed by atoms with Crippen LogP contribution in [-0.2, 0) is 13.5 Å². The molecule has 1 aliphatic heterocycles. The Morgan fingerprint density at radius 1 is 0.933 bits per heavy atom. The van der Waals surface area contributed by atoms with Crippen molar-refractivity contribution in [3.05, 3.63) is 64.8 Å². The maximum atomic E-state index is 6.73. The molecule has 0 fully saturated rings. The van der Waals surface area contributed by atoms with Gasteiger partial charge in [0.25, 0.3) is 5.69 Å². The molecular formula is C28H30NO+. The fourth-order valence-electron chi connectivity index (χ4n) is 4.94. The first-order valence-corrected chi connectivity index (χ1v) is 10.8. The zero-order valence-electron chi connectivity index (χ0n) is 19.1. The Hall–Kier alpha value is -2.87. The van der Waals surface area contributed by atoms with Crippen molar-refractivity contribution in [1.29, 1.82) is 0 Å². The molecule has 0 radical (unpaired) electrons. The van der Waals surface area contributed by atoms with Crippen molar-refractivity contribution >= 4 is 21.5 Å². The van der Waals surface area contributed by atoms with Gasteiger partial charge < -0.3 is 4.74 Å². The molecule has 0 N–H and O–H groups in total. The molecule has 0 saturated carbocycles. The van der Waals surface area contributed by atoms with E-state index in [2.05, 4.69) is 95.8 Å². The Morgan fingerprint density at radius 2 is 1.70 bits per heavy atom. The van der Waals surface area contributed by atoms with E-state index < -0.39 is 0 Å². The van der Waals surface area contributed by atoms with E-state index in [9.17, 15) is 0 Å². The van der Waals surface area contributed by atoms with Gasteiger partial charge in [0.15, 0.2) is 6.20 Å². The fraction of sp³-hybridized carbons (Fsp3) is 0.321. The summed E-state index contributed by atoms with van der Waals surface area (Å²) in [6, 6.07) is 13.6. The summed E-state index contributed by atoms with van der Waals surface area (Å²) in [5.74, 6) is 1.97. The van der Waals surface area contributed by atoms with Gasteiger partial charge >= 0.3 is 0 Å². The van der Waals surface area contributed by atoms with Gasteiger partial charge in [-0.3, -0.25) is 0 Å². The molecule has 0 amide bonds. The summed E-state index contributed by atoms with van der Waals surface area (Å²) in [7, 11) is 2.13. The highest BCUT2D eigenvalue weighted by atomic mass is 16.5. The molecule has 152 valence electrons. The molecule has 2 heteroatoms. The van der Waals surface area contributed by atoms with Crippen molar-refractivity contribution in [2.24, 2.45) is 12.5 Å². The Kier molecular flexibility index (Phi) is 4.02. The third-order valence-corrected chi connectivity index (χ3v) is 6.32. The van der Waals surface area contributed by atoms with E-state index in [4.69, 9.17) is 4.74 Å². The fourth-order valence-corrected chi connectivity index (χ4v) is 4.94. The zero-order valence-corrected chi connectivity index (χ0v) is 19.1. The number of aryl methyl sites for hydroxylation is 3. The minimum Gasteiger partial charge on any atom is -0.449 e. The first kappa shape index (κ1) is 19.1. The summed E-state index contributed by atoms with van der Waals surface area (Å²) >= 11 is 0. The predicted molar refractivity (Wildman–Crippen MR) is 126 cm³/mol. The van der Waals surface area contributed by atoms with Crippen molar-refractivity contribution in [2.75, 3.05) is 0 Å². The van der Waals surface area contributed by atoms with E-state index in [1.807, 2.05) is 0 Å². The van der Waals surface area contributed by atoms with Gasteiger partial charge in [-0.1, -0.05) is 44.5 Å². The molecule has 0 saturated heterocycles. The lowest BCUT2D eigenvalue weighted by molar-refractivity contribution is -0.659. The van der Waals surface area contributed by atoms with E-state index >= 15 is 0 Å². The van der Waals surface area contributed by atoms with Gasteiger partial charge in [0.05, 0.1) is 5.56 Å². The molecule has 3 aromatic carbocycles. The molecule has 0 bridgehead atoms. The summed E-state index contributed by atoms with van der Waals surface area (Å²) < 4.78 is 8.96. The van der Waals surface area contributed by atoms with E-state index in [1.165, 1.54) is 55.1 Å². The molecule has 30 heavy (non-hydrogen) atoms. The highest BCUT2D eigenvalue weighted by Gasteiger charge is 2.32. The van der Waals surface area contributed by atoms with Gasteiger partial charge in [0.2, 0.25) is 5.75 Å². The van der Waals surface area contributed by atoms with Crippen LogP contribution in [0, 0.1) is 26.2 Å². The maximum absolute atomic E-state index is 6.73. The van der Waals surface area contributed by atoms with Crippen molar-refractivity contribution in [1.82, 2.24) is 0 Å². The van der Waals surface area contributed by atoms with E-state index in [-0.39, 0.29) is 5.41 Å². The Labute approximate surface area is 179 Å². The SMILES string of the molecule is Cc1ccc2c[n+](C)c3c(c2c1)Oc1cc(CC(C)(C)C)cc2cc(C)c(C)c-3c12. The highest BCUT2D eigenvalue weighted by molar-refractivity contribution is 6.07. The molecule has 2 heterocycles. The lowest BCUT2D eigenvalue weighted by Crippen LogP contribution is -2.32. The smallest absolute Gasteiger partial charge is 0.257 e. The Balaban J connectivity index is 1.91. The Bertz CT molecular complexity index is 1360. The molecular weight excluding hydrogens is 366 g/mol. The normalized spacial score (nSPS) is 12.9. The molecule has 0 atom stereocenters. The zero-order chi connectivity index (χ0) is 21.4. The van der Waals surface area contributed by atoms with Crippen LogP contribution in [0.5, 0.6) is 11.5 Å². The number of hydrogen-bond acceptors (Lipinski definition) is 1. The topological polar surface area (TPSA) is 13.1 Å². The molecule has 2 nitrogen and oxygen atoms in total. The van der Waals surface area contributed by atoms with Gasteiger partial charge in [-0.05, 0) is 72.9 Å². The van der Waals surface area contributed by atoms with Crippen LogP contribution in [0.4, 0.5) is 0 Å². The number of rotatable bonds is 1. The second kappa shape index (κ2) is 6.31. The first-order valence-electron chi connectivity index (χ1n) is 10.8. The molecule has 1 aliphatic rings. The Morgan fingerprint density at radius 3 is 2.43 bits per heavy atom. The highest BCUT2D eigenvalue weighted by Crippen LogP contribution is 2.50. The second-order valence-electron chi connectivity index (χ2n) is 10.2. The molecule has 5 rings (SSSR count). The van der Waals surface area contributed by atoms with E-state index in [0.717, 1.165) is 17.9 Å². The lowest BCUT2D eigenvalue weighted by atomic mass is 9.85. The summed E-state index contributed by atoms with van der Waals surface area (Å²) in [5.41, 5.74) is 7.97. The molecule has 1 aromatic heterocycles. The van der Waals surface area contributed by atoms with Gasteiger partial charge in [-0.15, -0.1) is 0 Å². The van der Waals surface area contributed by atoms with Gasteiger partial charge in [-0.25, -0.2) is 0 Å². The van der Waals surface area contributed by atoms with Crippen molar-refractivity contribution in [2.45, 2.75) is 48.0 Å². The van der Waals surface area contributed by atoms with Crippen LogP contribution in [0.15, 0.2) is 42.6 Å². The number of fused-ring (bicyclic) bond motifs is 4. The standard InChI is InChI=1S/C28H30NO/c1-16-8-9-20-15-29(7)26-24-18(3)17(2)11-21-12-19(14-28(4,5)6)13-23(25(21)24)30-27(26)22(20)10-16/h8-13,15H,14H2,1-7H3/q+1. The monoisotopic (exact) mass is 396 g/mol. The van der Waals surface area contributed by atoms with E-state index in [0.29, 0.717) is 0 Å². The number of nitrogens with zero attached hydrogens (tertiary/aromatic N) is 1. The quantitative estimate of drug-likeness (QED) is 0.275. The van der Waals surface area contributed by atoms with Crippen molar-refractivity contribution in [3.63, 3.8) is 0 Å². The van der Waals surface area contributed by atoms with Crippen LogP contribution in [0.25, 0.3) is 32.8 Å². The third-order valence-electron chi connectivity index (χ3n) is 6.32. The second-order valence-corrected chi connectivity index (χ2v) is 10.2. The molecule has 0 unspecified atom stereocenters.